The number of likely N-dealkylation sites (tertiary alicyclic amines) is 1. The Hall–Kier alpha value is -2.73. The van der Waals surface area contributed by atoms with Crippen LogP contribution >= 0.6 is 0 Å². The molecule has 1 saturated heterocycles. The van der Waals surface area contributed by atoms with Gasteiger partial charge in [-0.3, -0.25) is 9.69 Å². The summed E-state index contributed by atoms with van der Waals surface area (Å²) < 4.78 is 16.5. The third-order valence-corrected chi connectivity index (χ3v) is 5.40. The molecule has 0 aromatic heterocycles. The summed E-state index contributed by atoms with van der Waals surface area (Å²) in [5, 5.41) is 9.55. The quantitative estimate of drug-likeness (QED) is 0.724. The van der Waals surface area contributed by atoms with Gasteiger partial charge in [0.15, 0.2) is 11.5 Å². The van der Waals surface area contributed by atoms with E-state index in [0.29, 0.717) is 31.1 Å². The van der Waals surface area contributed by atoms with Crippen molar-refractivity contribution >= 4 is 5.97 Å². The minimum atomic E-state index is -0.729. The monoisotopic (exact) mass is 399 g/mol. The van der Waals surface area contributed by atoms with Crippen LogP contribution in [0.4, 0.5) is 0 Å². The van der Waals surface area contributed by atoms with Crippen LogP contribution in [0.15, 0.2) is 42.5 Å². The van der Waals surface area contributed by atoms with Gasteiger partial charge in [-0.2, -0.15) is 0 Å². The Morgan fingerprint density at radius 3 is 2.45 bits per heavy atom. The fourth-order valence-corrected chi connectivity index (χ4v) is 3.97. The summed E-state index contributed by atoms with van der Waals surface area (Å²) in [5.41, 5.74) is 2.13. The Bertz CT molecular complexity index is 821. The lowest BCUT2D eigenvalue weighted by Crippen LogP contribution is -2.41. The van der Waals surface area contributed by atoms with Gasteiger partial charge in [-0.1, -0.05) is 18.2 Å². The van der Waals surface area contributed by atoms with Crippen molar-refractivity contribution in [2.75, 3.05) is 33.9 Å². The Morgan fingerprint density at radius 1 is 1.10 bits per heavy atom. The first-order chi connectivity index (χ1) is 14.1. The van der Waals surface area contributed by atoms with Crippen LogP contribution in [0, 0.1) is 5.92 Å². The van der Waals surface area contributed by atoms with E-state index >= 15 is 0 Å². The molecule has 6 heteroatoms. The largest absolute Gasteiger partial charge is 0.497 e. The molecule has 1 N–H and O–H groups in total. The zero-order valence-electron chi connectivity index (χ0n) is 17.3. The van der Waals surface area contributed by atoms with Gasteiger partial charge in [-0.05, 0) is 61.7 Å². The van der Waals surface area contributed by atoms with Gasteiger partial charge in [0.1, 0.15) is 5.75 Å². The third kappa shape index (κ3) is 4.82. The highest BCUT2D eigenvalue weighted by Crippen LogP contribution is 2.37. The molecular formula is C23H29NO5. The van der Waals surface area contributed by atoms with Crippen molar-refractivity contribution in [2.45, 2.75) is 25.8 Å². The van der Waals surface area contributed by atoms with Gasteiger partial charge in [0.05, 0.1) is 32.8 Å². The van der Waals surface area contributed by atoms with Crippen molar-refractivity contribution in [3.05, 3.63) is 53.6 Å². The van der Waals surface area contributed by atoms with Gasteiger partial charge in [-0.25, -0.2) is 0 Å². The highest BCUT2D eigenvalue weighted by molar-refractivity contribution is 5.70. The number of rotatable bonds is 8. The molecule has 1 heterocycles. The maximum Gasteiger partial charge on any atom is 0.307 e. The number of carboxylic acids is 1. The van der Waals surface area contributed by atoms with Crippen molar-refractivity contribution < 1.29 is 24.1 Å². The van der Waals surface area contributed by atoms with Gasteiger partial charge in [0.2, 0.25) is 0 Å². The van der Waals surface area contributed by atoms with Crippen LogP contribution in [0.2, 0.25) is 0 Å². The molecule has 0 amide bonds. The second-order valence-electron chi connectivity index (χ2n) is 7.19. The number of hydrogen-bond donors (Lipinski definition) is 1. The minimum absolute atomic E-state index is 0.0758. The molecule has 0 bridgehead atoms. The highest BCUT2D eigenvalue weighted by Gasteiger charge is 2.31. The normalized spacial score (nSPS) is 18.1. The lowest BCUT2D eigenvalue weighted by atomic mass is 9.91. The maximum atomic E-state index is 11.6. The Balaban J connectivity index is 2.02. The smallest absolute Gasteiger partial charge is 0.307 e. The van der Waals surface area contributed by atoms with E-state index in [1.807, 2.05) is 49.4 Å². The first-order valence-corrected chi connectivity index (χ1v) is 9.98. The number of ether oxygens (including phenoxy) is 3. The van der Waals surface area contributed by atoms with Crippen molar-refractivity contribution in [2.24, 2.45) is 5.92 Å². The number of aliphatic carboxylic acids is 1. The maximum absolute atomic E-state index is 11.6. The molecule has 2 atom stereocenters. The van der Waals surface area contributed by atoms with Gasteiger partial charge in [-0.15, -0.1) is 0 Å². The molecule has 2 unspecified atom stereocenters. The summed E-state index contributed by atoms with van der Waals surface area (Å²) in [6.45, 7) is 3.84. The molecule has 156 valence electrons. The summed E-state index contributed by atoms with van der Waals surface area (Å²) in [7, 11) is 3.27. The second kappa shape index (κ2) is 9.65. The predicted octanol–water partition coefficient (Wildman–Crippen LogP) is 3.99. The molecule has 3 rings (SSSR count). The predicted molar refractivity (Wildman–Crippen MR) is 111 cm³/mol. The number of nitrogens with zero attached hydrogens (tertiary/aromatic N) is 1. The van der Waals surface area contributed by atoms with Gasteiger partial charge >= 0.3 is 5.97 Å². The van der Waals surface area contributed by atoms with E-state index in [1.165, 1.54) is 0 Å². The average Bonchev–Trinajstić information content (AvgIpc) is 2.75. The van der Waals surface area contributed by atoms with Crippen LogP contribution in [0.3, 0.4) is 0 Å². The molecule has 1 fully saturated rings. The average molecular weight is 399 g/mol. The van der Waals surface area contributed by atoms with E-state index in [0.717, 1.165) is 29.8 Å². The van der Waals surface area contributed by atoms with Crippen LogP contribution in [-0.2, 0) is 4.79 Å². The number of benzene rings is 2. The molecule has 6 nitrogen and oxygen atoms in total. The van der Waals surface area contributed by atoms with Crippen LogP contribution in [0.1, 0.15) is 36.9 Å². The van der Waals surface area contributed by atoms with Crippen LogP contribution in [0.25, 0.3) is 0 Å². The van der Waals surface area contributed by atoms with Crippen LogP contribution in [0.5, 0.6) is 17.2 Å². The van der Waals surface area contributed by atoms with E-state index < -0.39 is 5.97 Å². The van der Waals surface area contributed by atoms with E-state index in [1.54, 1.807) is 14.2 Å². The summed E-state index contributed by atoms with van der Waals surface area (Å²) >= 11 is 0. The fraction of sp³-hybridized carbons (Fsp3) is 0.435. The van der Waals surface area contributed by atoms with E-state index in [4.69, 9.17) is 14.2 Å². The molecule has 2 aromatic rings. The fourth-order valence-electron chi connectivity index (χ4n) is 3.97. The number of carbonyl (C=O) groups is 1. The summed E-state index contributed by atoms with van der Waals surface area (Å²) in [4.78, 5) is 13.9. The minimum Gasteiger partial charge on any atom is -0.497 e. The van der Waals surface area contributed by atoms with E-state index in [9.17, 15) is 9.90 Å². The molecule has 0 saturated carbocycles. The van der Waals surface area contributed by atoms with Crippen LogP contribution in [-0.4, -0.2) is 49.9 Å². The third-order valence-electron chi connectivity index (χ3n) is 5.40. The number of piperidine rings is 1. The lowest BCUT2D eigenvalue weighted by Gasteiger charge is -2.37. The number of methoxy groups -OCH3 is 2. The summed E-state index contributed by atoms with van der Waals surface area (Å²) in [6, 6.07) is 13.8. The van der Waals surface area contributed by atoms with Crippen molar-refractivity contribution in [3.8, 4) is 17.2 Å². The van der Waals surface area contributed by atoms with Crippen molar-refractivity contribution in [1.82, 2.24) is 4.90 Å². The SMILES string of the molecule is CCOc1cc(C(c2ccc(OC)cc2)N2CCCC(C(=O)O)C2)ccc1OC. The number of hydrogen-bond acceptors (Lipinski definition) is 5. The standard InChI is InChI=1S/C23H29NO5/c1-4-29-21-14-17(9-12-20(21)28-3)22(16-7-10-19(27-2)11-8-16)24-13-5-6-18(15-24)23(25)26/h7-12,14,18,22H,4-6,13,15H2,1-3H3,(H,25,26). The number of carboxylic acid groups (broad SMARTS) is 1. The zero-order valence-corrected chi connectivity index (χ0v) is 17.3. The highest BCUT2D eigenvalue weighted by atomic mass is 16.5. The van der Waals surface area contributed by atoms with Crippen molar-refractivity contribution in [3.63, 3.8) is 0 Å². The van der Waals surface area contributed by atoms with Gasteiger partial charge in [0, 0.05) is 6.54 Å². The molecule has 2 aromatic carbocycles. The lowest BCUT2D eigenvalue weighted by molar-refractivity contribution is -0.143. The molecule has 0 spiro atoms. The van der Waals surface area contributed by atoms with E-state index in [-0.39, 0.29) is 12.0 Å². The first kappa shape index (κ1) is 21.0. The molecule has 0 radical (unpaired) electrons. The molecule has 1 aliphatic heterocycles. The summed E-state index contributed by atoms with van der Waals surface area (Å²) in [6.07, 6.45) is 1.58. The van der Waals surface area contributed by atoms with E-state index in [2.05, 4.69) is 4.90 Å². The molecular weight excluding hydrogens is 370 g/mol. The summed E-state index contributed by atoms with van der Waals surface area (Å²) in [5.74, 6) is 1.09. The Kier molecular flexibility index (Phi) is 6.99. The molecule has 0 aliphatic carbocycles. The topological polar surface area (TPSA) is 68.2 Å². The Labute approximate surface area is 172 Å². The van der Waals surface area contributed by atoms with Gasteiger partial charge < -0.3 is 19.3 Å². The Morgan fingerprint density at radius 2 is 1.83 bits per heavy atom. The molecule has 29 heavy (non-hydrogen) atoms. The van der Waals surface area contributed by atoms with Crippen molar-refractivity contribution in [1.29, 1.82) is 0 Å². The first-order valence-electron chi connectivity index (χ1n) is 9.98. The van der Waals surface area contributed by atoms with Gasteiger partial charge in [0.25, 0.3) is 0 Å². The molecule has 1 aliphatic rings. The zero-order chi connectivity index (χ0) is 20.8. The van der Waals surface area contributed by atoms with Crippen LogP contribution < -0.4 is 14.2 Å². The second-order valence-corrected chi connectivity index (χ2v) is 7.19.